The van der Waals surface area contributed by atoms with Crippen LogP contribution in [-0.2, 0) is 23.6 Å². The lowest BCUT2D eigenvalue weighted by molar-refractivity contribution is 0.439. The molecule has 1 aromatic heterocycles. The molecule has 0 spiro atoms. The van der Waals surface area contributed by atoms with Gasteiger partial charge in [-0.3, -0.25) is 0 Å². The monoisotopic (exact) mass is 273 g/mol. The highest BCUT2D eigenvalue weighted by Crippen LogP contribution is 2.17. The Morgan fingerprint density at radius 3 is 2.50 bits per heavy atom. The van der Waals surface area contributed by atoms with Crippen LogP contribution < -0.4 is 10.0 Å². The van der Waals surface area contributed by atoms with E-state index in [-0.39, 0.29) is 0 Å². The number of nitrogens with one attached hydrogen (secondary N) is 2. The maximum atomic E-state index is 12.2. The molecule has 1 aromatic rings. The minimum atomic E-state index is -3.45. The summed E-state index contributed by atoms with van der Waals surface area (Å²) in [6, 6.07) is 1.70. The van der Waals surface area contributed by atoms with Crippen molar-refractivity contribution in [1.29, 1.82) is 0 Å². The van der Waals surface area contributed by atoms with Crippen LogP contribution in [0.1, 0.15) is 32.9 Å². The van der Waals surface area contributed by atoms with Gasteiger partial charge in [0.15, 0.2) is 0 Å². The summed E-state index contributed by atoms with van der Waals surface area (Å²) in [7, 11) is 0.228. The van der Waals surface area contributed by atoms with E-state index in [9.17, 15) is 8.42 Å². The van der Waals surface area contributed by atoms with Crippen LogP contribution in [0.15, 0.2) is 17.2 Å². The molecule has 18 heavy (non-hydrogen) atoms. The first-order chi connectivity index (χ1) is 8.22. The molecule has 2 N–H and O–H groups in total. The van der Waals surface area contributed by atoms with Crippen LogP contribution in [-0.4, -0.2) is 25.6 Å². The van der Waals surface area contributed by atoms with Gasteiger partial charge in [-0.05, 0) is 33.4 Å². The highest BCUT2D eigenvalue weighted by Gasteiger charge is 2.25. The summed E-state index contributed by atoms with van der Waals surface area (Å²) in [5.41, 5.74) is 0.505. The van der Waals surface area contributed by atoms with E-state index >= 15 is 0 Å². The van der Waals surface area contributed by atoms with E-state index in [1.807, 2.05) is 39.4 Å². The Bertz CT molecular complexity index is 503. The molecule has 0 fully saturated rings. The lowest BCUT2D eigenvalue weighted by Crippen LogP contribution is -2.42. The Morgan fingerprint density at radius 2 is 2.00 bits per heavy atom. The lowest BCUT2D eigenvalue weighted by Gasteiger charge is -2.23. The summed E-state index contributed by atoms with van der Waals surface area (Å²) < 4.78 is 29.0. The fraction of sp³-hybridized carbons (Fsp3) is 0.667. The fourth-order valence-electron chi connectivity index (χ4n) is 1.58. The third-order valence-electron chi connectivity index (χ3n) is 3.05. The molecule has 0 aliphatic heterocycles. The normalized spacial score (nSPS) is 12.9. The summed E-state index contributed by atoms with van der Waals surface area (Å²) in [4.78, 5) is 0.316. The minimum Gasteiger partial charge on any atom is -0.352 e. The number of rotatable bonds is 6. The van der Waals surface area contributed by atoms with Crippen molar-refractivity contribution in [2.45, 2.75) is 44.2 Å². The van der Waals surface area contributed by atoms with Crippen LogP contribution in [0.4, 0.5) is 0 Å². The van der Waals surface area contributed by atoms with Gasteiger partial charge >= 0.3 is 0 Å². The van der Waals surface area contributed by atoms with Gasteiger partial charge in [-0.2, -0.15) is 0 Å². The van der Waals surface area contributed by atoms with Gasteiger partial charge in [0.2, 0.25) is 10.0 Å². The van der Waals surface area contributed by atoms with Crippen LogP contribution in [0.5, 0.6) is 0 Å². The fourth-order valence-corrected chi connectivity index (χ4v) is 3.15. The van der Waals surface area contributed by atoms with E-state index in [4.69, 9.17) is 0 Å². The molecular formula is C12H23N3O2S. The van der Waals surface area contributed by atoms with Gasteiger partial charge in [0.05, 0.1) is 4.90 Å². The largest absolute Gasteiger partial charge is 0.352 e. The number of aryl methyl sites for hydroxylation is 1. The average Bonchev–Trinajstić information content (AvgIpc) is 2.61. The Hall–Kier alpha value is -0.850. The Morgan fingerprint density at radius 1 is 1.39 bits per heavy atom. The minimum absolute atomic E-state index is 0.316. The molecule has 0 bridgehead atoms. The van der Waals surface area contributed by atoms with Gasteiger partial charge in [-0.25, -0.2) is 13.1 Å². The smallest absolute Gasteiger partial charge is 0.242 e. The highest BCUT2D eigenvalue weighted by molar-refractivity contribution is 7.89. The van der Waals surface area contributed by atoms with E-state index in [2.05, 4.69) is 10.0 Å². The third kappa shape index (κ3) is 3.57. The number of sulfonamides is 1. The average molecular weight is 273 g/mol. The highest BCUT2D eigenvalue weighted by atomic mass is 32.2. The lowest BCUT2D eigenvalue weighted by atomic mass is 10.0. The quantitative estimate of drug-likeness (QED) is 0.819. The topological polar surface area (TPSA) is 63.1 Å². The molecule has 104 valence electrons. The van der Waals surface area contributed by atoms with Crippen molar-refractivity contribution >= 4 is 10.0 Å². The SMILES string of the molecule is CCC(C)(C)NS(=O)(=O)c1cc(CNC)n(C)c1. The van der Waals surface area contributed by atoms with Crippen LogP contribution in [0, 0.1) is 0 Å². The predicted molar refractivity (Wildman–Crippen MR) is 72.9 cm³/mol. The Balaban J connectivity index is 3.02. The first-order valence-corrected chi connectivity index (χ1v) is 7.54. The second-order valence-electron chi connectivity index (χ2n) is 5.15. The van der Waals surface area contributed by atoms with E-state index in [1.165, 1.54) is 0 Å². The van der Waals surface area contributed by atoms with Gasteiger partial charge in [0, 0.05) is 31.0 Å². The zero-order valence-corrected chi connectivity index (χ0v) is 12.6. The predicted octanol–water partition coefficient (Wildman–Crippen LogP) is 1.21. The standard InChI is InChI=1S/C12H23N3O2S/c1-6-12(2,3)14-18(16,17)11-7-10(8-13-4)15(5)9-11/h7,9,13-14H,6,8H2,1-5H3. The molecule has 1 rings (SSSR count). The number of aromatic nitrogens is 1. The molecule has 5 nitrogen and oxygen atoms in total. The number of nitrogens with zero attached hydrogens (tertiary/aromatic N) is 1. The van der Waals surface area contributed by atoms with E-state index in [0.29, 0.717) is 11.4 Å². The zero-order chi connectivity index (χ0) is 14.0. The molecule has 0 saturated carbocycles. The molecule has 0 aliphatic rings. The maximum Gasteiger partial charge on any atom is 0.242 e. The van der Waals surface area contributed by atoms with Gasteiger partial charge < -0.3 is 9.88 Å². The second-order valence-corrected chi connectivity index (χ2v) is 6.83. The Kier molecular flexibility index (Phi) is 4.58. The van der Waals surface area contributed by atoms with Gasteiger partial charge in [0.25, 0.3) is 0 Å². The molecule has 6 heteroatoms. The van der Waals surface area contributed by atoms with Crippen LogP contribution in [0.3, 0.4) is 0 Å². The van der Waals surface area contributed by atoms with E-state index < -0.39 is 15.6 Å². The third-order valence-corrected chi connectivity index (χ3v) is 4.71. The molecule has 0 aromatic carbocycles. The summed E-state index contributed by atoms with van der Waals surface area (Å²) in [5, 5.41) is 3.01. The van der Waals surface area contributed by atoms with Crippen LogP contribution in [0.2, 0.25) is 0 Å². The van der Waals surface area contributed by atoms with Crippen molar-refractivity contribution < 1.29 is 8.42 Å². The zero-order valence-electron chi connectivity index (χ0n) is 11.7. The van der Waals surface area contributed by atoms with Gasteiger partial charge in [-0.15, -0.1) is 0 Å². The molecule has 0 saturated heterocycles. The maximum absolute atomic E-state index is 12.2. The van der Waals surface area contributed by atoms with Gasteiger partial charge in [-0.1, -0.05) is 6.92 Å². The summed E-state index contributed by atoms with van der Waals surface area (Å²) in [6.07, 6.45) is 2.38. The summed E-state index contributed by atoms with van der Waals surface area (Å²) in [6.45, 7) is 6.35. The van der Waals surface area contributed by atoms with Crippen molar-refractivity contribution in [2.24, 2.45) is 7.05 Å². The van der Waals surface area contributed by atoms with Crippen LogP contribution >= 0.6 is 0 Å². The second kappa shape index (κ2) is 5.42. The molecule has 0 amide bonds. The van der Waals surface area contributed by atoms with Crippen molar-refractivity contribution in [3.63, 3.8) is 0 Å². The van der Waals surface area contributed by atoms with E-state index in [0.717, 1.165) is 12.1 Å². The summed E-state index contributed by atoms with van der Waals surface area (Å²) in [5.74, 6) is 0. The summed E-state index contributed by atoms with van der Waals surface area (Å²) >= 11 is 0. The van der Waals surface area contributed by atoms with Crippen molar-refractivity contribution in [2.75, 3.05) is 7.05 Å². The first-order valence-electron chi connectivity index (χ1n) is 6.05. The molecular weight excluding hydrogens is 250 g/mol. The van der Waals surface area contributed by atoms with E-state index in [1.54, 1.807) is 12.3 Å². The van der Waals surface area contributed by atoms with Crippen molar-refractivity contribution in [3.05, 3.63) is 18.0 Å². The molecule has 0 unspecified atom stereocenters. The molecule has 0 aliphatic carbocycles. The number of hydrogen-bond acceptors (Lipinski definition) is 3. The first kappa shape index (κ1) is 15.2. The molecule has 0 radical (unpaired) electrons. The molecule has 0 atom stereocenters. The number of hydrogen-bond donors (Lipinski definition) is 2. The Labute approximate surface area is 110 Å². The van der Waals surface area contributed by atoms with Gasteiger partial charge in [0.1, 0.15) is 0 Å². The molecule has 1 heterocycles. The van der Waals surface area contributed by atoms with Crippen molar-refractivity contribution in [1.82, 2.24) is 14.6 Å². The van der Waals surface area contributed by atoms with Crippen molar-refractivity contribution in [3.8, 4) is 0 Å². The van der Waals surface area contributed by atoms with Crippen LogP contribution in [0.25, 0.3) is 0 Å².